The Bertz CT molecular complexity index is 799. The van der Waals surface area contributed by atoms with Gasteiger partial charge in [-0.15, -0.1) is 11.8 Å². The van der Waals surface area contributed by atoms with Gasteiger partial charge in [-0.3, -0.25) is 19.1 Å². The molecule has 3 rings (SSSR count). The number of nitrogens with one attached hydrogen (secondary N) is 1. The number of fused-ring (bicyclic) bond motifs is 1. The van der Waals surface area contributed by atoms with Crippen LogP contribution in [0.1, 0.15) is 26.0 Å². The number of rotatable bonds is 4. The molecule has 1 aliphatic rings. The lowest BCUT2D eigenvalue weighted by atomic mass is 10.2. The minimum absolute atomic E-state index is 0.0442. The summed E-state index contributed by atoms with van der Waals surface area (Å²) in [6.07, 6.45) is 0.341. The van der Waals surface area contributed by atoms with Gasteiger partial charge in [-0.1, -0.05) is 24.7 Å². The zero-order valence-electron chi connectivity index (χ0n) is 11.8. The molecule has 2 aromatic heterocycles. The van der Waals surface area contributed by atoms with Crippen LogP contribution in [0.5, 0.6) is 0 Å². The highest BCUT2D eigenvalue weighted by Crippen LogP contribution is 2.35. The van der Waals surface area contributed by atoms with Crippen molar-refractivity contribution in [2.24, 2.45) is 0 Å². The zero-order chi connectivity index (χ0) is 15.9. The van der Waals surface area contributed by atoms with Crippen LogP contribution in [0.4, 0.5) is 5.95 Å². The molecule has 0 saturated carbocycles. The molecule has 0 amide bonds. The summed E-state index contributed by atoms with van der Waals surface area (Å²) in [6.45, 7) is 1.98. The number of anilines is 1. The van der Waals surface area contributed by atoms with Gasteiger partial charge in [-0.25, -0.2) is 0 Å². The molecule has 120 valence electrons. The molecule has 22 heavy (non-hydrogen) atoms. The predicted molar refractivity (Wildman–Crippen MR) is 86.2 cm³/mol. The van der Waals surface area contributed by atoms with Crippen molar-refractivity contribution in [2.45, 2.75) is 37.5 Å². The minimum Gasteiger partial charge on any atom is -0.390 e. The fraction of sp³-hybridized carbons (Fsp3) is 0.583. The van der Waals surface area contributed by atoms with E-state index in [1.165, 1.54) is 16.3 Å². The normalized spacial score (nSPS) is 23.2. The van der Waals surface area contributed by atoms with E-state index in [-0.39, 0.29) is 26.6 Å². The van der Waals surface area contributed by atoms with Crippen molar-refractivity contribution in [3.63, 3.8) is 0 Å². The van der Waals surface area contributed by atoms with Gasteiger partial charge in [0.1, 0.15) is 16.4 Å². The van der Waals surface area contributed by atoms with Gasteiger partial charge in [0.25, 0.3) is 5.56 Å². The smallest absolute Gasteiger partial charge is 0.311 e. The number of ether oxygens (including phenoxy) is 1. The first-order valence-corrected chi connectivity index (χ1v) is 8.73. The van der Waals surface area contributed by atoms with Crippen molar-refractivity contribution in [3.05, 3.63) is 20.0 Å². The van der Waals surface area contributed by atoms with Crippen molar-refractivity contribution in [1.82, 2.24) is 14.5 Å². The van der Waals surface area contributed by atoms with Crippen molar-refractivity contribution in [2.75, 3.05) is 11.5 Å². The summed E-state index contributed by atoms with van der Waals surface area (Å²) < 4.78 is 7.35. The third-order valence-corrected chi connectivity index (χ3v) is 5.55. The number of thioether (sulfide) groups is 1. The molecule has 4 N–H and O–H groups in total. The second-order valence-corrected chi connectivity index (χ2v) is 7.08. The standard InChI is InChI=1S/C12H16N4O4S2/c1-2-3-5(17)10-20-6(4-21-10)16-8-7(22-12(16)19)9(18)15-11(13)14-8/h5-6,10,17H,2-4H2,1H3,(H3,13,14,15,18)/t5?,6-,10+/m1/s1. The van der Waals surface area contributed by atoms with Crippen LogP contribution < -0.4 is 16.2 Å². The molecule has 0 radical (unpaired) electrons. The number of aromatic amines is 1. The summed E-state index contributed by atoms with van der Waals surface area (Å²) in [5.74, 6) is 0.461. The highest BCUT2D eigenvalue weighted by molar-refractivity contribution is 8.00. The number of aliphatic hydroxyl groups excluding tert-OH is 1. The fourth-order valence-corrected chi connectivity index (χ4v) is 4.38. The van der Waals surface area contributed by atoms with E-state index in [1.54, 1.807) is 0 Å². The number of nitrogens with zero attached hydrogens (tertiary/aromatic N) is 2. The Morgan fingerprint density at radius 2 is 2.36 bits per heavy atom. The average Bonchev–Trinajstić information content (AvgIpc) is 3.03. The molecule has 10 heteroatoms. The quantitative estimate of drug-likeness (QED) is 0.737. The lowest BCUT2D eigenvalue weighted by molar-refractivity contribution is -0.0396. The highest BCUT2D eigenvalue weighted by Gasteiger charge is 2.34. The van der Waals surface area contributed by atoms with E-state index < -0.39 is 17.9 Å². The summed E-state index contributed by atoms with van der Waals surface area (Å²) in [6, 6.07) is 0. The average molecular weight is 344 g/mol. The Hall–Kier alpha value is -1.36. The Morgan fingerprint density at radius 3 is 3.09 bits per heavy atom. The molecule has 3 atom stereocenters. The molecule has 0 aliphatic carbocycles. The van der Waals surface area contributed by atoms with Gasteiger partial charge in [0, 0.05) is 5.75 Å². The van der Waals surface area contributed by atoms with E-state index in [1.807, 2.05) is 6.92 Å². The highest BCUT2D eigenvalue weighted by atomic mass is 32.2. The maximum atomic E-state index is 12.2. The van der Waals surface area contributed by atoms with Gasteiger partial charge < -0.3 is 15.6 Å². The second-order valence-electron chi connectivity index (χ2n) is 4.99. The number of aliphatic hydroxyl groups is 1. The van der Waals surface area contributed by atoms with Crippen molar-refractivity contribution < 1.29 is 9.84 Å². The third-order valence-electron chi connectivity index (χ3n) is 3.37. The summed E-state index contributed by atoms with van der Waals surface area (Å²) in [4.78, 5) is 30.1. The number of hydrogen-bond acceptors (Lipinski definition) is 8. The van der Waals surface area contributed by atoms with Gasteiger partial charge in [0.05, 0.1) is 6.10 Å². The van der Waals surface area contributed by atoms with Gasteiger partial charge >= 0.3 is 4.87 Å². The van der Waals surface area contributed by atoms with Crippen LogP contribution in [0, 0.1) is 0 Å². The number of H-pyrrole nitrogens is 1. The Labute approximate surface area is 133 Å². The SMILES string of the molecule is CCCC(O)[C@H]1O[C@@H](n2c(=O)sc3c(=O)[nH]c(N)nc32)CS1. The lowest BCUT2D eigenvalue weighted by Gasteiger charge is -2.18. The maximum absolute atomic E-state index is 12.2. The van der Waals surface area contributed by atoms with Crippen LogP contribution in [0.15, 0.2) is 9.59 Å². The summed E-state index contributed by atoms with van der Waals surface area (Å²) in [5, 5.41) is 10.0. The Morgan fingerprint density at radius 1 is 1.59 bits per heavy atom. The molecule has 1 unspecified atom stereocenters. The first-order chi connectivity index (χ1) is 10.5. The zero-order valence-corrected chi connectivity index (χ0v) is 13.4. The fourth-order valence-electron chi connectivity index (χ4n) is 2.38. The summed E-state index contributed by atoms with van der Waals surface area (Å²) in [7, 11) is 0. The van der Waals surface area contributed by atoms with Crippen LogP contribution in [0.25, 0.3) is 10.3 Å². The van der Waals surface area contributed by atoms with E-state index in [9.17, 15) is 14.7 Å². The summed E-state index contributed by atoms with van der Waals surface area (Å²) >= 11 is 2.26. The molecule has 0 aromatic carbocycles. The molecular weight excluding hydrogens is 328 g/mol. The molecular formula is C12H16N4O4S2. The van der Waals surface area contributed by atoms with E-state index in [4.69, 9.17) is 10.5 Å². The Balaban J connectivity index is 1.96. The van der Waals surface area contributed by atoms with Crippen LogP contribution in [-0.2, 0) is 4.74 Å². The van der Waals surface area contributed by atoms with E-state index in [2.05, 4.69) is 9.97 Å². The number of hydrogen-bond donors (Lipinski definition) is 3. The molecule has 1 aliphatic heterocycles. The second kappa shape index (κ2) is 6.03. The third kappa shape index (κ3) is 2.67. The molecule has 1 saturated heterocycles. The molecule has 1 fully saturated rings. The maximum Gasteiger partial charge on any atom is 0.311 e. The van der Waals surface area contributed by atoms with E-state index in [0.717, 1.165) is 17.8 Å². The van der Waals surface area contributed by atoms with E-state index >= 15 is 0 Å². The van der Waals surface area contributed by atoms with Gasteiger partial charge in [0.15, 0.2) is 5.65 Å². The predicted octanol–water partition coefficient (Wildman–Crippen LogP) is 0.478. The topological polar surface area (TPSA) is 123 Å². The number of aromatic nitrogens is 3. The monoisotopic (exact) mass is 344 g/mol. The molecule has 2 aromatic rings. The largest absolute Gasteiger partial charge is 0.390 e. The molecule has 0 bridgehead atoms. The van der Waals surface area contributed by atoms with Crippen molar-refractivity contribution in [1.29, 1.82) is 0 Å². The first kappa shape index (κ1) is 15.5. The first-order valence-electron chi connectivity index (χ1n) is 6.87. The molecule has 0 spiro atoms. The van der Waals surface area contributed by atoms with Crippen molar-refractivity contribution in [3.8, 4) is 0 Å². The van der Waals surface area contributed by atoms with Crippen molar-refractivity contribution >= 4 is 39.4 Å². The van der Waals surface area contributed by atoms with Crippen LogP contribution in [0.2, 0.25) is 0 Å². The van der Waals surface area contributed by atoms with Crippen LogP contribution in [0.3, 0.4) is 0 Å². The van der Waals surface area contributed by atoms with Crippen LogP contribution >= 0.6 is 23.1 Å². The van der Waals surface area contributed by atoms with Gasteiger partial charge in [-0.2, -0.15) is 4.98 Å². The lowest BCUT2D eigenvalue weighted by Crippen LogP contribution is -2.27. The van der Waals surface area contributed by atoms with Crippen LogP contribution in [-0.4, -0.2) is 36.9 Å². The molecule has 3 heterocycles. The molecule has 8 nitrogen and oxygen atoms in total. The Kier molecular flexibility index (Phi) is 4.26. The number of nitrogens with two attached hydrogens (primary N) is 1. The van der Waals surface area contributed by atoms with Gasteiger partial charge in [0.2, 0.25) is 5.95 Å². The minimum atomic E-state index is -0.581. The number of nitrogen functional groups attached to an aromatic ring is 1. The van der Waals surface area contributed by atoms with E-state index in [0.29, 0.717) is 12.2 Å². The van der Waals surface area contributed by atoms with Gasteiger partial charge in [-0.05, 0) is 6.42 Å². The summed E-state index contributed by atoms with van der Waals surface area (Å²) in [5.41, 5.74) is 4.97. The number of thiazole rings is 1.